The van der Waals surface area contributed by atoms with E-state index in [0.717, 1.165) is 11.3 Å². The largest absolute Gasteiger partial charge is 0.467 e. The average Bonchev–Trinajstić information content (AvgIpc) is 3.01. The molecule has 6 heteroatoms. The van der Waals surface area contributed by atoms with Gasteiger partial charge in [-0.1, -0.05) is 30.4 Å². The van der Waals surface area contributed by atoms with Crippen LogP contribution in [0.1, 0.15) is 18.7 Å². The summed E-state index contributed by atoms with van der Waals surface area (Å²) < 4.78 is 5.44. The van der Waals surface area contributed by atoms with Crippen LogP contribution >= 0.6 is 12.2 Å². The van der Waals surface area contributed by atoms with Gasteiger partial charge >= 0.3 is 6.03 Å². The molecule has 0 unspecified atom stereocenters. The molecule has 2 heterocycles. The van der Waals surface area contributed by atoms with E-state index in [1.165, 1.54) is 0 Å². The third-order valence-corrected chi connectivity index (χ3v) is 3.70. The van der Waals surface area contributed by atoms with Crippen molar-refractivity contribution in [3.8, 4) is 0 Å². The fourth-order valence-corrected chi connectivity index (χ4v) is 2.77. The normalized spacial score (nSPS) is 17.7. The zero-order valence-electron chi connectivity index (χ0n) is 11.9. The second-order valence-corrected chi connectivity index (χ2v) is 5.31. The molecular formula is C16H15N3O2S. The molecule has 2 aromatic rings. The Morgan fingerprint density at radius 2 is 2.00 bits per heavy atom. The molecule has 0 bridgehead atoms. The van der Waals surface area contributed by atoms with Crippen LogP contribution in [-0.2, 0) is 0 Å². The maximum atomic E-state index is 11.7. The Hall–Kier alpha value is -2.60. The molecular weight excluding hydrogens is 298 g/mol. The third-order valence-electron chi connectivity index (χ3n) is 3.37. The van der Waals surface area contributed by atoms with Crippen molar-refractivity contribution in [3.63, 3.8) is 0 Å². The van der Waals surface area contributed by atoms with Crippen molar-refractivity contribution >= 4 is 28.9 Å². The number of anilines is 1. The average molecular weight is 313 g/mol. The van der Waals surface area contributed by atoms with Gasteiger partial charge in [-0.15, -0.1) is 0 Å². The number of amides is 2. The first-order chi connectivity index (χ1) is 10.6. The van der Waals surface area contributed by atoms with E-state index in [0.29, 0.717) is 16.4 Å². The minimum absolute atomic E-state index is 0.273. The molecule has 0 fully saturated rings. The number of hydrogen-bond acceptors (Lipinski definition) is 3. The Labute approximate surface area is 133 Å². The Morgan fingerprint density at radius 3 is 2.68 bits per heavy atom. The molecule has 0 aliphatic carbocycles. The number of rotatable bonds is 3. The van der Waals surface area contributed by atoms with Gasteiger partial charge < -0.3 is 20.4 Å². The molecule has 3 N–H and O–H groups in total. The Kier molecular flexibility index (Phi) is 3.93. The quantitative estimate of drug-likeness (QED) is 0.760. The van der Waals surface area contributed by atoms with Crippen LogP contribution < -0.4 is 16.0 Å². The maximum Gasteiger partial charge on any atom is 0.319 e. The number of para-hydroxylation sites is 1. The van der Waals surface area contributed by atoms with Gasteiger partial charge in [0.25, 0.3) is 0 Å². The highest BCUT2D eigenvalue weighted by atomic mass is 32.1. The summed E-state index contributed by atoms with van der Waals surface area (Å²) in [6, 6.07) is 12.6. The number of hydrogen-bond donors (Lipinski definition) is 3. The molecule has 3 rings (SSSR count). The van der Waals surface area contributed by atoms with E-state index in [2.05, 4.69) is 16.0 Å². The molecule has 1 aromatic heterocycles. The first-order valence-corrected chi connectivity index (χ1v) is 7.24. The van der Waals surface area contributed by atoms with Crippen LogP contribution in [0.25, 0.3) is 0 Å². The Bertz CT molecular complexity index is 723. The van der Waals surface area contributed by atoms with Gasteiger partial charge in [-0.05, 0) is 31.2 Å². The van der Waals surface area contributed by atoms with Crippen molar-refractivity contribution in [3.05, 3.63) is 65.8 Å². The van der Waals surface area contributed by atoms with Gasteiger partial charge in [0, 0.05) is 17.0 Å². The van der Waals surface area contributed by atoms with Crippen molar-refractivity contribution < 1.29 is 9.21 Å². The number of carbonyl (C=O) groups excluding carboxylic acids is 1. The van der Waals surface area contributed by atoms with Gasteiger partial charge in [0.2, 0.25) is 0 Å². The summed E-state index contributed by atoms with van der Waals surface area (Å²) >= 11 is 5.52. The predicted molar refractivity (Wildman–Crippen MR) is 88.5 cm³/mol. The predicted octanol–water partition coefficient (Wildman–Crippen LogP) is 3.35. The zero-order chi connectivity index (χ0) is 15.5. The molecule has 1 aliphatic heterocycles. The van der Waals surface area contributed by atoms with Crippen molar-refractivity contribution in [2.24, 2.45) is 0 Å². The van der Waals surface area contributed by atoms with Crippen LogP contribution in [0.4, 0.5) is 10.5 Å². The van der Waals surface area contributed by atoms with E-state index in [-0.39, 0.29) is 6.03 Å². The van der Waals surface area contributed by atoms with Crippen LogP contribution in [-0.4, -0.2) is 11.0 Å². The summed E-state index contributed by atoms with van der Waals surface area (Å²) in [5.74, 6) is 0.640. The number of thiocarbonyl (C=S) groups is 1. The van der Waals surface area contributed by atoms with E-state index in [1.807, 2.05) is 43.3 Å². The molecule has 0 radical (unpaired) electrons. The highest BCUT2D eigenvalue weighted by Gasteiger charge is 2.30. The van der Waals surface area contributed by atoms with Crippen LogP contribution in [0, 0.1) is 0 Å². The highest BCUT2D eigenvalue weighted by molar-refractivity contribution is 7.81. The number of furan rings is 1. The number of urea groups is 1. The van der Waals surface area contributed by atoms with E-state index < -0.39 is 6.04 Å². The number of benzene rings is 1. The van der Waals surface area contributed by atoms with Crippen LogP contribution in [0.2, 0.25) is 0 Å². The van der Waals surface area contributed by atoms with Gasteiger partial charge in [-0.3, -0.25) is 0 Å². The van der Waals surface area contributed by atoms with Gasteiger partial charge in [0.15, 0.2) is 0 Å². The summed E-state index contributed by atoms with van der Waals surface area (Å²) in [6.07, 6.45) is 1.57. The molecule has 0 saturated heterocycles. The van der Waals surface area contributed by atoms with Gasteiger partial charge in [-0.2, -0.15) is 0 Å². The lowest BCUT2D eigenvalue weighted by Gasteiger charge is -2.28. The summed E-state index contributed by atoms with van der Waals surface area (Å²) in [5.41, 5.74) is 2.38. The molecule has 0 spiro atoms. The third kappa shape index (κ3) is 2.87. The summed E-state index contributed by atoms with van der Waals surface area (Å²) in [7, 11) is 0. The van der Waals surface area contributed by atoms with Crippen LogP contribution in [0.15, 0.2) is 64.4 Å². The zero-order valence-corrected chi connectivity index (χ0v) is 12.7. The number of allylic oxidation sites excluding steroid dienone is 1. The first kappa shape index (κ1) is 14.3. The molecule has 1 aromatic carbocycles. The fraction of sp³-hybridized carbons (Fsp3) is 0.125. The smallest absolute Gasteiger partial charge is 0.319 e. The summed E-state index contributed by atoms with van der Waals surface area (Å²) in [6.45, 7) is 1.82. The summed E-state index contributed by atoms with van der Waals surface area (Å²) in [5, 5.41) is 8.77. The molecule has 22 heavy (non-hydrogen) atoms. The SMILES string of the molecule is CC1=C(C(=S)Nc2ccccc2)[C@@H](c2ccco2)NC(=O)N1. The van der Waals surface area contributed by atoms with E-state index in [4.69, 9.17) is 16.6 Å². The molecule has 0 saturated carbocycles. The molecule has 1 atom stereocenters. The van der Waals surface area contributed by atoms with Gasteiger partial charge in [-0.25, -0.2) is 4.79 Å². The molecule has 112 valence electrons. The standard InChI is InChI=1S/C16H15N3O2S/c1-10-13(15(22)18-11-6-3-2-4-7-11)14(19-16(20)17-10)12-8-5-9-21-12/h2-9,14H,1H3,(H,18,22)(H2,17,19,20)/t14-/m1/s1. The lowest BCUT2D eigenvalue weighted by molar-refractivity contribution is 0.237. The van der Waals surface area contributed by atoms with E-state index >= 15 is 0 Å². The lowest BCUT2D eigenvalue weighted by Crippen LogP contribution is -2.45. The van der Waals surface area contributed by atoms with Crippen molar-refractivity contribution in [2.75, 3.05) is 5.32 Å². The highest BCUT2D eigenvalue weighted by Crippen LogP contribution is 2.28. The van der Waals surface area contributed by atoms with E-state index in [9.17, 15) is 4.79 Å². The summed E-state index contributed by atoms with van der Waals surface area (Å²) in [4.78, 5) is 12.3. The van der Waals surface area contributed by atoms with Gasteiger partial charge in [0.05, 0.1) is 6.26 Å². The number of nitrogens with one attached hydrogen (secondary N) is 3. The topological polar surface area (TPSA) is 66.3 Å². The lowest BCUT2D eigenvalue weighted by atomic mass is 10.0. The molecule has 2 amide bonds. The fourth-order valence-electron chi connectivity index (χ4n) is 2.38. The second-order valence-electron chi connectivity index (χ2n) is 4.91. The van der Waals surface area contributed by atoms with Crippen molar-refractivity contribution in [1.82, 2.24) is 10.6 Å². The number of carbonyl (C=O) groups is 1. The molecule has 5 nitrogen and oxygen atoms in total. The van der Waals surface area contributed by atoms with Crippen molar-refractivity contribution in [2.45, 2.75) is 13.0 Å². The minimum atomic E-state index is -0.410. The van der Waals surface area contributed by atoms with Crippen molar-refractivity contribution in [1.29, 1.82) is 0 Å². The van der Waals surface area contributed by atoms with Crippen LogP contribution in [0.3, 0.4) is 0 Å². The Morgan fingerprint density at radius 1 is 1.23 bits per heavy atom. The Balaban J connectivity index is 1.92. The molecule has 1 aliphatic rings. The van der Waals surface area contributed by atoms with Gasteiger partial charge in [0.1, 0.15) is 16.8 Å². The maximum absolute atomic E-state index is 11.7. The van der Waals surface area contributed by atoms with Crippen LogP contribution in [0.5, 0.6) is 0 Å². The minimum Gasteiger partial charge on any atom is -0.467 e. The second kappa shape index (κ2) is 6.03. The van der Waals surface area contributed by atoms with E-state index in [1.54, 1.807) is 12.3 Å². The monoisotopic (exact) mass is 313 g/mol. The first-order valence-electron chi connectivity index (χ1n) is 6.83.